The monoisotopic (exact) mass is 123 g/mol. The molecule has 0 fully saturated rings. The van der Waals surface area contributed by atoms with E-state index in [1.54, 1.807) is 0 Å². The van der Waals surface area contributed by atoms with Crippen LogP contribution >= 0.6 is 0 Å². The molecule has 0 aromatic heterocycles. The van der Waals surface area contributed by atoms with Gasteiger partial charge in [-0.25, -0.2) is 0 Å². The summed E-state index contributed by atoms with van der Waals surface area (Å²) < 4.78 is 21.1. The number of hydrogen-bond acceptors (Lipinski definition) is 5. The molecule has 0 saturated heterocycles. The van der Waals surface area contributed by atoms with Gasteiger partial charge in [-0.1, -0.05) is 0 Å². The Hall–Kier alpha value is -0.980. The smallest absolute Gasteiger partial charge is 0.162 e. The van der Waals surface area contributed by atoms with Crippen LogP contribution in [-0.4, -0.2) is 8.42 Å². The summed E-state index contributed by atoms with van der Waals surface area (Å²) in [6, 6.07) is 0. The summed E-state index contributed by atoms with van der Waals surface area (Å²) in [7, 11) is -2.60. The van der Waals surface area contributed by atoms with Gasteiger partial charge in [0, 0.05) is 0 Å². The zero-order valence-corrected chi connectivity index (χ0v) is 3.84. The summed E-state index contributed by atoms with van der Waals surface area (Å²) in [6.45, 7) is 0. The molecule has 0 unspecified atom stereocenters. The van der Waals surface area contributed by atoms with Gasteiger partial charge in [0.05, 0.1) is 5.29 Å². The van der Waals surface area contributed by atoms with E-state index in [4.69, 9.17) is 4.91 Å². The summed E-state index contributed by atoms with van der Waals surface area (Å²) in [5.41, 5.74) is 1.33. The minimum atomic E-state index is -2.60. The van der Waals surface area contributed by atoms with Gasteiger partial charge in [-0.15, -0.1) is 10.4 Å². The van der Waals surface area contributed by atoms with Crippen LogP contribution in [0.4, 0.5) is 0 Å². The van der Waals surface area contributed by atoms with Crippen LogP contribution in [0.5, 0.6) is 0 Å². The minimum Gasteiger partial charge on any atom is -0.162 e. The third-order valence-corrected chi connectivity index (χ3v) is 0.387. The summed E-state index contributed by atoms with van der Waals surface area (Å²) in [4.78, 5) is 8.98. The molecule has 0 spiro atoms. The molecule has 0 radical (unpaired) electrons. The van der Waals surface area contributed by atoms with E-state index in [1.165, 1.54) is 5.53 Å². The predicted molar refractivity (Wildman–Crippen MR) is 20.3 cm³/mol. The molecule has 0 saturated carbocycles. The number of hydrogen-bond donors (Lipinski definition) is 1. The number of nitrogens with one attached hydrogen (secondary N) is 1. The molecule has 1 N–H and O–H groups in total. The van der Waals surface area contributed by atoms with Crippen LogP contribution in [0.1, 0.15) is 0 Å². The van der Waals surface area contributed by atoms with Crippen LogP contribution in [0.2, 0.25) is 0 Å². The first-order valence-electron chi connectivity index (χ1n) is 1.15. The van der Waals surface area contributed by atoms with Crippen molar-refractivity contribution in [2.45, 2.75) is 0 Å². The lowest BCUT2D eigenvalue weighted by Crippen LogP contribution is -1.87. The van der Waals surface area contributed by atoms with E-state index < -0.39 is 10.5 Å². The Morgan fingerprint density at radius 1 is 1.43 bits per heavy atom. The van der Waals surface area contributed by atoms with Gasteiger partial charge in [0.2, 0.25) is 0 Å². The first-order valence-corrected chi connectivity index (χ1v) is 2.18. The third-order valence-electron chi connectivity index (χ3n) is 0.156. The zero-order chi connectivity index (χ0) is 5.70. The Morgan fingerprint density at radius 3 is 2.14 bits per heavy atom. The maximum atomic E-state index is 9.33. The van der Waals surface area contributed by atoms with Crippen molar-refractivity contribution in [3.8, 4) is 0 Å². The summed E-state index contributed by atoms with van der Waals surface area (Å²) >= 11 is 0. The van der Waals surface area contributed by atoms with Crippen LogP contribution < -0.4 is 5.53 Å². The highest BCUT2D eigenvalue weighted by molar-refractivity contribution is 7.61. The molecular weight excluding hydrogens is 122 g/mol. The molecule has 6 nitrogen and oxygen atoms in total. The zero-order valence-electron chi connectivity index (χ0n) is 3.03. The van der Waals surface area contributed by atoms with Crippen LogP contribution in [0.25, 0.3) is 0 Å². The van der Waals surface area contributed by atoms with E-state index in [1.807, 2.05) is 5.29 Å². The molecular formula is HN3O3S. The van der Waals surface area contributed by atoms with Gasteiger partial charge in [0.1, 0.15) is 0 Å². The van der Waals surface area contributed by atoms with Crippen molar-refractivity contribution < 1.29 is 8.42 Å². The summed E-state index contributed by atoms with van der Waals surface area (Å²) in [6.07, 6.45) is 0. The normalized spacial score (nSPS) is 6.86. The highest BCUT2D eigenvalue weighted by Crippen LogP contribution is 1.52. The van der Waals surface area contributed by atoms with Crippen molar-refractivity contribution in [1.29, 1.82) is 0 Å². The maximum Gasteiger partial charge on any atom is 0.334 e. The Bertz CT molecular complexity index is 157. The Labute approximate surface area is 40.2 Å². The molecule has 0 heterocycles. The highest BCUT2D eigenvalue weighted by Gasteiger charge is 1.64. The van der Waals surface area contributed by atoms with Gasteiger partial charge in [0.25, 0.3) is 0 Å². The molecule has 0 aromatic carbocycles. The lowest BCUT2D eigenvalue weighted by Gasteiger charge is -1.66. The van der Waals surface area contributed by atoms with Gasteiger partial charge in [-0.05, 0) is 4.47 Å². The van der Waals surface area contributed by atoms with Crippen molar-refractivity contribution >= 4 is 10.5 Å². The van der Waals surface area contributed by atoms with E-state index in [9.17, 15) is 8.42 Å². The molecule has 0 amide bonds. The lowest BCUT2D eigenvalue weighted by atomic mass is 12.5. The maximum absolute atomic E-state index is 9.33. The van der Waals surface area contributed by atoms with Gasteiger partial charge < -0.3 is 0 Å². The van der Waals surface area contributed by atoms with Crippen LogP contribution in [-0.2, 0) is 10.5 Å². The van der Waals surface area contributed by atoms with E-state index in [0.717, 1.165) is 0 Å². The van der Waals surface area contributed by atoms with Crippen molar-refractivity contribution in [1.82, 2.24) is 5.53 Å². The number of rotatable bonds is 2. The molecule has 0 aliphatic rings. The van der Waals surface area contributed by atoms with Crippen LogP contribution in [0, 0.1) is 4.91 Å². The average molecular weight is 123 g/mol. The lowest BCUT2D eigenvalue weighted by molar-refractivity contribution is 0.614. The van der Waals surface area contributed by atoms with Crippen LogP contribution in [0.15, 0.2) is 9.76 Å². The largest absolute Gasteiger partial charge is 0.334 e. The molecule has 0 bridgehead atoms. The van der Waals surface area contributed by atoms with Gasteiger partial charge in [0.15, 0.2) is 0 Å². The third kappa shape index (κ3) is 5.02. The second-order valence-corrected chi connectivity index (χ2v) is 1.12. The predicted octanol–water partition coefficient (Wildman–Crippen LogP) is -0.765. The Balaban J connectivity index is 3.71. The summed E-state index contributed by atoms with van der Waals surface area (Å²) in [5, 5.41) is 1.92. The fourth-order valence-corrected chi connectivity index (χ4v) is 0.150. The first-order chi connectivity index (χ1) is 3.27. The highest BCUT2D eigenvalue weighted by atomic mass is 32.2. The molecule has 0 aliphatic carbocycles. The Morgan fingerprint density at radius 2 is 2.00 bits per heavy atom. The van der Waals surface area contributed by atoms with E-state index >= 15 is 0 Å². The first kappa shape index (κ1) is 6.02. The molecule has 7 heteroatoms. The number of nitroso groups, excluding NO2 is 1. The molecule has 40 valence electrons. The molecule has 0 rings (SSSR count). The van der Waals surface area contributed by atoms with Gasteiger partial charge in [-0.3, -0.25) is 0 Å². The fourth-order valence-electron chi connectivity index (χ4n) is 0.0500. The topological polar surface area (TPSA) is 88.0 Å². The summed E-state index contributed by atoms with van der Waals surface area (Å²) in [5.74, 6) is 0. The molecule has 0 aromatic rings. The van der Waals surface area contributed by atoms with Crippen molar-refractivity contribution in [2.75, 3.05) is 0 Å². The van der Waals surface area contributed by atoms with Crippen molar-refractivity contribution in [3.05, 3.63) is 4.91 Å². The Kier molecular flexibility index (Phi) is 2.77. The molecule has 0 aliphatic heterocycles. The van der Waals surface area contributed by atoms with E-state index in [-0.39, 0.29) is 0 Å². The SMILES string of the molecule is O=NNN=S(=O)=O. The minimum absolute atomic E-state index is 1.33. The van der Waals surface area contributed by atoms with E-state index in [0.29, 0.717) is 0 Å². The quantitative estimate of drug-likeness (QED) is 0.386. The van der Waals surface area contributed by atoms with Crippen molar-refractivity contribution in [2.24, 2.45) is 9.76 Å². The molecule has 7 heavy (non-hydrogen) atoms. The van der Waals surface area contributed by atoms with Crippen molar-refractivity contribution in [3.63, 3.8) is 0 Å². The average Bonchev–Trinajstić information content (AvgIpc) is 1.61. The van der Waals surface area contributed by atoms with E-state index in [2.05, 4.69) is 4.47 Å². The molecule has 0 atom stereocenters. The second-order valence-electron chi connectivity index (χ2n) is 0.500. The van der Waals surface area contributed by atoms with Gasteiger partial charge >= 0.3 is 10.5 Å². The number of nitrogens with zero attached hydrogens (tertiary/aromatic N) is 2. The van der Waals surface area contributed by atoms with Crippen LogP contribution in [0.3, 0.4) is 0 Å². The standard InChI is InChI=1S/HN3O3S/c4-2-1-3-7(5)6/h(H,1,4). The van der Waals surface area contributed by atoms with Gasteiger partial charge in [-0.2, -0.15) is 8.42 Å². The second kappa shape index (κ2) is 3.22. The fraction of sp³-hybridized carbons (Fsp3) is 0.